The van der Waals surface area contributed by atoms with E-state index < -0.39 is 0 Å². The molecule has 5 heteroatoms. The van der Waals surface area contributed by atoms with Crippen molar-refractivity contribution in [3.8, 4) is 22.5 Å². The number of hydrogen-bond donors (Lipinski definition) is 1. The first-order valence-corrected chi connectivity index (χ1v) is 16.0. The van der Waals surface area contributed by atoms with Crippen molar-refractivity contribution in [2.24, 2.45) is 11.8 Å². The van der Waals surface area contributed by atoms with Gasteiger partial charge in [-0.05, 0) is 59.9 Å². The third-order valence-electron chi connectivity index (χ3n) is 9.26. The van der Waals surface area contributed by atoms with Crippen molar-refractivity contribution in [2.45, 2.75) is 72.6 Å². The topological polar surface area (TPSA) is 63.1 Å². The molecule has 45 heavy (non-hydrogen) atoms. The number of hydrogen-bond acceptors (Lipinski definition) is 4. The number of pyridine rings is 2. The smallest absolute Gasteiger partial charge is 0.162 e. The van der Waals surface area contributed by atoms with Crippen LogP contribution in [0, 0.1) is 17.9 Å². The Balaban J connectivity index is 0.000000249. The van der Waals surface area contributed by atoms with Crippen molar-refractivity contribution in [2.75, 3.05) is 0 Å². The van der Waals surface area contributed by atoms with E-state index in [9.17, 15) is 9.90 Å². The van der Waals surface area contributed by atoms with Crippen LogP contribution < -0.4 is 0 Å². The molecule has 0 saturated heterocycles. The summed E-state index contributed by atoms with van der Waals surface area (Å²) in [6.45, 7) is 12.7. The molecule has 1 aliphatic rings. The monoisotopic (exact) mass is 776 g/mol. The van der Waals surface area contributed by atoms with Gasteiger partial charge in [0.05, 0.1) is 17.0 Å². The molecule has 0 unspecified atom stereocenters. The molecule has 2 aromatic heterocycles. The summed E-state index contributed by atoms with van der Waals surface area (Å²) in [5.74, 6) is 0.547. The number of aromatic nitrogens is 2. The molecule has 3 aromatic carbocycles. The van der Waals surface area contributed by atoms with Crippen molar-refractivity contribution >= 4 is 27.5 Å². The van der Waals surface area contributed by atoms with Gasteiger partial charge in [0.2, 0.25) is 0 Å². The molecule has 235 valence electrons. The fourth-order valence-corrected chi connectivity index (χ4v) is 6.58. The van der Waals surface area contributed by atoms with E-state index in [1.54, 1.807) is 0 Å². The van der Waals surface area contributed by atoms with E-state index in [1.165, 1.54) is 28.0 Å². The summed E-state index contributed by atoms with van der Waals surface area (Å²) in [5.41, 5.74) is 7.61. The molecule has 0 atom stereocenters. The molecule has 1 radical (unpaired) electrons. The number of carbonyl (C=O) groups excluding carboxylic acids is 1. The fourth-order valence-electron chi connectivity index (χ4n) is 6.58. The second kappa shape index (κ2) is 14.6. The van der Waals surface area contributed by atoms with Gasteiger partial charge < -0.3 is 10.1 Å². The van der Waals surface area contributed by atoms with Gasteiger partial charge in [-0.1, -0.05) is 107 Å². The van der Waals surface area contributed by atoms with E-state index in [4.69, 9.17) is 9.97 Å². The van der Waals surface area contributed by atoms with Crippen LogP contribution >= 0.6 is 0 Å². The fraction of sp³-hybridized carbons (Fsp3) is 0.325. The first kappa shape index (κ1) is 34.2. The standard InChI is InChI=1S/C27H19N2.C13H24O2.Ir/c1-27(2)21-16-23(18-9-4-3-5-10-18)29-22-14-15-28-26(24(21)22)20-13-12-17-8-6-7-11-19(17)25(20)27;1-5-10(6-2)12(14)9-13(15)11(7-3)8-4;/h3-12,14-16H,1-2H3;9-11,14H,5-8H2,1-4H3;/q-1;;/b;12-9-;. The summed E-state index contributed by atoms with van der Waals surface area (Å²) >= 11 is 0. The van der Waals surface area contributed by atoms with Gasteiger partial charge in [-0.3, -0.25) is 4.79 Å². The molecule has 1 N–H and O–H groups in total. The summed E-state index contributed by atoms with van der Waals surface area (Å²) in [4.78, 5) is 21.5. The molecule has 1 aliphatic carbocycles. The van der Waals surface area contributed by atoms with Crippen molar-refractivity contribution in [3.05, 3.63) is 108 Å². The second-order valence-electron chi connectivity index (χ2n) is 12.2. The Morgan fingerprint density at radius 3 is 2.22 bits per heavy atom. The normalized spacial score (nSPS) is 13.3. The molecule has 0 saturated carbocycles. The minimum Gasteiger partial charge on any atom is -0.512 e. The zero-order valence-electron chi connectivity index (χ0n) is 27.1. The summed E-state index contributed by atoms with van der Waals surface area (Å²) < 4.78 is 0. The number of benzene rings is 3. The van der Waals surface area contributed by atoms with Gasteiger partial charge in [-0.25, -0.2) is 4.98 Å². The van der Waals surface area contributed by atoms with E-state index in [-0.39, 0.29) is 48.9 Å². The number of fused-ring (bicyclic) bond motifs is 4. The number of carbonyl (C=O) groups is 1. The third kappa shape index (κ3) is 6.66. The SMILES string of the molecule is CC1(C)c2c([c-]cc3ccccc23)-c2nccc3nc(-c4ccccc4)cc1c23.CCC(CC)C(=O)/C=C(\O)C(CC)CC.[Ir]. The van der Waals surface area contributed by atoms with Gasteiger partial charge in [-0.15, -0.1) is 23.3 Å². The number of ketones is 1. The molecule has 0 spiro atoms. The van der Waals surface area contributed by atoms with Crippen LogP contribution in [0.4, 0.5) is 0 Å². The quantitative estimate of drug-likeness (QED) is 0.0969. The Kier molecular flexibility index (Phi) is 11.1. The molecular weight excluding hydrogens is 733 g/mol. The summed E-state index contributed by atoms with van der Waals surface area (Å²) in [6.07, 6.45) is 6.78. The Morgan fingerprint density at radius 2 is 1.56 bits per heavy atom. The largest absolute Gasteiger partial charge is 0.512 e. The number of aliphatic hydroxyl groups is 1. The molecule has 0 aliphatic heterocycles. The number of nitrogens with zero attached hydrogens (tertiary/aromatic N) is 2. The maximum Gasteiger partial charge on any atom is 0.162 e. The Labute approximate surface area is 281 Å². The molecule has 4 nitrogen and oxygen atoms in total. The predicted molar refractivity (Wildman–Crippen MR) is 183 cm³/mol. The minimum atomic E-state index is -0.187. The van der Waals surface area contributed by atoms with E-state index in [0.29, 0.717) is 0 Å². The number of allylic oxidation sites excluding steroid dienone is 2. The van der Waals surface area contributed by atoms with Crippen LogP contribution in [0.1, 0.15) is 78.4 Å². The molecular formula is C40H43IrN2O2-. The molecule has 2 heterocycles. The minimum absolute atomic E-state index is 0. The van der Waals surface area contributed by atoms with E-state index >= 15 is 0 Å². The summed E-state index contributed by atoms with van der Waals surface area (Å²) in [5, 5.41) is 13.4. The van der Waals surface area contributed by atoms with Gasteiger partial charge in [0.25, 0.3) is 0 Å². The van der Waals surface area contributed by atoms with Crippen LogP contribution in [0.5, 0.6) is 0 Å². The van der Waals surface area contributed by atoms with Gasteiger partial charge in [-0.2, -0.15) is 0 Å². The maximum absolute atomic E-state index is 11.7. The van der Waals surface area contributed by atoms with E-state index in [2.05, 4.69) is 80.6 Å². The molecule has 5 aromatic rings. The van der Waals surface area contributed by atoms with Gasteiger partial charge >= 0.3 is 0 Å². The molecule has 0 bridgehead atoms. The van der Waals surface area contributed by atoms with Gasteiger partial charge in [0.15, 0.2) is 5.78 Å². The predicted octanol–water partition coefficient (Wildman–Crippen LogP) is 10.4. The first-order chi connectivity index (χ1) is 21.2. The Bertz CT molecular complexity index is 1820. The maximum atomic E-state index is 11.7. The zero-order valence-corrected chi connectivity index (χ0v) is 29.5. The molecule has 6 rings (SSSR count). The third-order valence-corrected chi connectivity index (χ3v) is 9.26. The van der Waals surface area contributed by atoms with Crippen molar-refractivity contribution < 1.29 is 30.0 Å². The van der Waals surface area contributed by atoms with Crippen LogP contribution in [0.25, 0.3) is 44.2 Å². The molecule has 0 amide bonds. The van der Waals surface area contributed by atoms with Crippen LogP contribution in [0.3, 0.4) is 0 Å². The van der Waals surface area contributed by atoms with Gasteiger partial charge in [0.1, 0.15) is 0 Å². The Hall–Kier alpha value is -3.66. The van der Waals surface area contributed by atoms with Crippen LogP contribution in [0.2, 0.25) is 0 Å². The Morgan fingerprint density at radius 1 is 0.911 bits per heavy atom. The van der Waals surface area contributed by atoms with Crippen LogP contribution in [-0.2, 0) is 30.3 Å². The number of aliphatic hydroxyl groups excluding tert-OH is 1. The molecule has 0 fully saturated rings. The van der Waals surface area contributed by atoms with Crippen molar-refractivity contribution in [1.29, 1.82) is 0 Å². The van der Waals surface area contributed by atoms with Crippen molar-refractivity contribution in [3.63, 3.8) is 0 Å². The van der Waals surface area contributed by atoms with Crippen LogP contribution in [-0.4, -0.2) is 20.9 Å². The van der Waals surface area contributed by atoms with E-state index in [1.807, 2.05) is 46.0 Å². The average molecular weight is 776 g/mol. The van der Waals surface area contributed by atoms with Crippen LogP contribution in [0.15, 0.2) is 90.8 Å². The van der Waals surface area contributed by atoms with Gasteiger partial charge in [0, 0.05) is 49.8 Å². The summed E-state index contributed by atoms with van der Waals surface area (Å²) in [6, 6.07) is 28.9. The zero-order chi connectivity index (χ0) is 31.4. The second-order valence-corrected chi connectivity index (χ2v) is 12.2. The van der Waals surface area contributed by atoms with Crippen molar-refractivity contribution in [1.82, 2.24) is 9.97 Å². The number of rotatable bonds is 8. The summed E-state index contributed by atoms with van der Waals surface area (Å²) in [7, 11) is 0. The average Bonchev–Trinajstić information content (AvgIpc) is 3.04. The first-order valence-electron chi connectivity index (χ1n) is 16.0. The van der Waals surface area contributed by atoms with E-state index in [0.717, 1.165) is 59.1 Å².